The molecule has 1 fully saturated rings. The fraction of sp³-hybridized carbons (Fsp3) is 0.409. The zero-order valence-electron chi connectivity index (χ0n) is 20.0. The summed E-state index contributed by atoms with van der Waals surface area (Å²) in [5.41, 5.74) is -2.71. The lowest BCUT2D eigenvalue weighted by atomic mass is 9.36. The third-order valence-corrected chi connectivity index (χ3v) is 6.43. The second kappa shape index (κ2) is 9.65. The maximum Gasteiger partial charge on any atom is 0.266 e. The van der Waals surface area contributed by atoms with E-state index in [1.807, 2.05) is 0 Å². The second-order valence-electron chi connectivity index (χ2n) is 9.23. The van der Waals surface area contributed by atoms with Crippen LogP contribution in [0.4, 0.5) is 0 Å². The zero-order valence-corrected chi connectivity index (χ0v) is 20.8. The molecule has 1 amide bonds. The molecule has 0 spiro atoms. The summed E-state index contributed by atoms with van der Waals surface area (Å²) in [6.45, 7) is 3.55. The Morgan fingerprint density at radius 1 is 1.03 bits per heavy atom. The quantitative estimate of drug-likeness (QED) is 0.460. The van der Waals surface area contributed by atoms with E-state index < -0.39 is 22.1 Å². The van der Waals surface area contributed by atoms with E-state index in [0.717, 1.165) is 0 Å². The number of methoxy groups -OCH3 is 1. The average Bonchev–Trinajstić information content (AvgIpc) is 3.13. The van der Waals surface area contributed by atoms with E-state index in [0.29, 0.717) is 35.9 Å². The molecule has 1 saturated heterocycles. The van der Waals surface area contributed by atoms with Crippen molar-refractivity contribution < 1.29 is 14.3 Å². The molecule has 4 nitrogen and oxygen atoms in total. The van der Waals surface area contributed by atoms with Crippen LogP contribution in [0.1, 0.15) is 37.8 Å². The summed E-state index contributed by atoms with van der Waals surface area (Å²) in [4.78, 5) is 15.3. The molecule has 1 aliphatic rings. The van der Waals surface area contributed by atoms with E-state index in [1.54, 1.807) is 32.0 Å². The Morgan fingerprint density at radius 3 is 2.11 bits per heavy atom. The van der Waals surface area contributed by atoms with Crippen molar-refractivity contribution in [1.82, 2.24) is 4.90 Å². The average molecular weight is 466 g/mol. The zero-order chi connectivity index (χ0) is 26.5. The Bertz CT molecular complexity index is 1140. The van der Waals surface area contributed by atoms with E-state index in [-0.39, 0.29) is 33.0 Å². The standard InChI is InChI=1S/C22H18B8ClNO3/c1-20(2,35-11-6-5-10(31)9-12(11)34-3)19(33)32-8-4-7-21(32,27)13-15(23)17(25)14(22(28,29)30)18(26)16(13)24/h5-6,9H,4,7-8H2,1-3H3/t21-/m0/s1. The molecule has 2 aromatic rings. The molecule has 0 bridgehead atoms. The number of amides is 1. The third-order valence-electron chi connectivity index (χ3n) is 6.20. The summed E-state index contributed by atoms with van der Waals surface area (Å²) in [5, 5.41) is -1.44. The Morgan fingerprint density at radius 2 is 1.60 bits per heavy atom. The van der Waals surface area contributed by atoms with Crippen molar-refractivity contribution >= 4 is 102 Å². The summed E-state index contributed by atoms with van der Waals surface area (Å²) in [7, 11) is 50.9. The topological polar surface area (TPSA) is 38.8 Å². The number of halogens is 1. The highest BCUT2D eigenvalue weighted by Gasteiger charge is 2.47. The predicted molar refractivity (Wildman–Crippen MR) is 148 cm³/mol. The molecule has 1 aliphatic heterocycles. The molecule has 1 atom stereocenters. The van der Waals surface area contributed by atoms with Crippen LogP contribution < -0.4 is 31.3 Å². The van der Waals surface area contributed by atoms with Crippen LogP contribution in [0, 0.1) is 0 Å². The fourth-order valence-corrected chi connectivity index (χ4v) is 4.68. The van der Waals surface area contributed by atoms with Crippen molar-refractivity contribution in [3.05, 3.63) is 34.3 Å². The molecule has 2 aromatic carbocycles. The number of rotatable bonds is 6. The second-order valence-corrected chi connectivity index (χ2v) is 9.67. The molecule has 1 heterocycles. The van der Waals surface area contributed by atoms with Gasteiger partial charge in [-0.1, -0.05) is 28.1 Å². The van der Waals surface area contributed by atoms with Crippen LogP contribution in [-0.2, 0) is 15.3 Å². The Balaban J connectivity index is 2.06. The predicted octanol–water partition coefficient (Wildman–Crippen LogP) is -2.06. The van der Waals surface area contributed by atoms with Crippen LogP contribution >= 0.6 is 11.6 Å². The highest BCUT2D eigenvalue weighted by Crippen LogP contribution is 2.38. The van der Waals surface area contributed by atoms with Crippen LogP contribution in [0.5, 0.6) is 11.5 Å². The van der Waals surface area contributed by atoms with Crippen molar-refractivity contribution in [2.45, 2.75) is 42.8 Å². The molecular weight excluding hydrogens is 448 g/mol. The molecule has 13 heteroatoms. The minimum atomic E-state index is -1.89. The van der Waals surface area contributed by atoms with E-state index in [1.165, 1.54) is 12.0 Å². The molecule has 0 saturated carbocycles. The van der Waals surface area contributed by atoms with Crippen molar-refractivity contribution in [2.24, 2.45) is 0 Å². The maximum atomic E-state index is 13.8. The van der Waals surface area contributed by atoms with Gasteiger partial charge in [-0.25, -0.2) is 0 Å². The lowest BCUT2D eigenvalue weighted by Gasteiger charge is -2.44. The molecule has 0 aromatic heterocycles. The minimum absolute atomic E-state index is 0.00211. The number of likely N-dealkylation sites (tertiary alicyclic amines) is 1. The molecule has 0 unspecified atom stereocenters. The minimum Gasteiger partial charge on any atom is -0.493 e. The molecule has 0 N–H and O–H groups in total. The maximum absolute atomic E-state index is 13.8. The van der Waals surface area contributed by atoms with Gasteiger partial charge < -0.3 is 14.4 Å². The van der Waals surface area contributed by atoms with Gasteiger partial charge in [0.15, 0.2) is 17.1 Å². The lowest BCUT2D eigenvalue weighted by molar-refractivity contribution is -0.147. The first-order chi connectivity index (χ1) is 16.1. The monoisotopic (exact) mass is 467 g/mol. The molecule has 160 valence electrons. The summed E-state index contributed by atoms with van der Waals surface area (Å²) >= 11 is 6.04. The number of ether oxygens (including phenoxy) is 2. The van der Waals surface area contributed by atoms with Crippen LogP contribution in [0.15, 0.2) is 18.2 Å². The van der Waals surface area contributed by atoms with Gasteiger partial charge in [-0.15, -0.1) is 16.0 Å². The molecule has 0 aliphatic carbocycles. The molecule has 16 radical (unpaired) electrons. The third kappa shape index (κ3) is 4.97. The van der Waals surface area contributed by atoms with E-state index >= 15 is 0 Å². The molecule has 35 heavy (non-hydrogen) atoms. The smallest absolute Gasteiger partial charge is 0.266 e. The Kier molecular flexibility index (Phi) is 7.69. The van der Waals surface area contributed by atoms with Gasteiger partial charge in [-0.05, 0) is 44.4 Å². The number of carbonyl (C=O) groups excluding carboxylic acids is 1. The number of nitrogens with zero attached hydrogens (tertiary/aromatic N) is 1. The highest BCUT2D eigenvalue weighted by molar-refractivity contribution is 6.65. The lowest BCUT2D eigenvalue weighted by Crippen LogP contribution is -2.61. The van der Waals surface area contributed by atoms with Crippen LogP contribution in [-0.4, -0.2) is 92.8 Å². The van der Waals surface area contributed by atoms with Crippen LogP contribution in [0.3, 0.4) is 0 Å². The van der Waals surface area contributed by atoms with Gasteiger partial charge in [0, 0.05) is 23.1 Å². The first-order valence-corrected chi connectivity index (χ1v) is 11.2. The van der Waals surface area contributed by atoms with Crippen molar-refractivity contribution in [1.29, 1.82) is 0 Å². The molecular formula is C22H18B8ClNO3. The first-order valence-electron chi connectivity index (χ1n) is 10.8. The van der Waals surface area contributed by atoms with Gasteiger partial charge in [0.05, 0.1) is 30.6 Å². The van der Waals surface area contributed by atoms with E-state index in [9.17, 15) is 4.79 Å². The number of hydrogen-bond donors (Lipinski definition) is 0. The SMILES string of the molecule is [B]c1c([B])c([C@]2([B])CCCN2C(=O)C(C)(C)Oc2ccc(Cl)cc2OC)c([B])c([B])c1C([B])([B])[B]. The fourth-order valence-electron chi connectivity index (χ4n) is 4.51. The van der Waals surface area contributed by atoms with E-state index in [4.69, 9.17) is 83.8 Å². The van der Waals surface area contributed by atoms with Gasteiger partial charge in [-0.2, -0.15) is 0 Å². The van der Waals surface area contributed by atoms with Gasteiger partial charge >= 0.3 is 0 Å². The van der Waals surface area contributed by atoms with Gasteiger partial charge in [0.25, 0.3) is 5.91 Å². The summed E-state index contributed by atoms with van der Waals surface area (Å²) in [6, 6.07) is 4.83. The van der Waals surface area contributed by atoms with Crippen LogP contribution in [0.2, 0.25) is 5.02 Å². The normalized spacial score (nSPS) is 18.5. The first kappa shape index (κ1) is 27.9. The van der Waals surface area contributed by atoms with Crippen molar-refractivity contribution in [2.75, 3.05) is 13.7 Å². The Hall–Kier alpha value is -1.68. The summed E-state index contributed by atoms with van der Waals surface area (Å²) in [6.07, 6.45) is 0.905. The largest absolute Gasteiger partial charge is 0.493 e. The summed E-state index contributed by atoms with van der Waals surface area (Å²) in [5.74, 6) is 0.289. The van der Waals surface area contributed by atoms with E-state index in [2.05, 4.69) is 0 Å². The number of benzene rings is 2. The molecule has 3 rings (SSSR count). The number of carbonyl (C=O) groups is 1. The van der Waals surface area contributed by atoms with Gasteiger partial charge in [-0.3, -0.25) is 4.79 Å². The highest BCUT2D eigenvalue weighted by atomic mass is 35.5. The van der Waals surface area contributed by atoms with Crippen LogP contribution in [0.25, 0.3) is 0 Å². The van der Waals surface area contributed by atoms with Gasteiger partial charge in [0.2, 0.25) is 0 Å². The number of hydrogen-bond acceptors (Lipinski definition) is 3. The van der Waals surface area contributed by atoms with Gasteiger partial charge in [0.1, 0.15) is 39.2 Å². The van der Waals surface area contributed by atoms with Crippen molar-refractivity contribution in [3.63, 3.8) is 0 Å². The summed E-state index contributed by atoms with van der Waals surface area (Å²) < 4.78 is 11.4. The Labute approximate surface area is 223 Å². The van der Waals surface area contributed by atoms with Crippen molar-refractivity contribution in [3.8, 4) is 11.5 Å².